The molecule has 1 amide bonds. The summed E-state index contributed by atoms with van der Waals surface area (Å²) in [5.74, 6) is 0.244. The molecule has 0 bridgehead atoms. The maximum absolute atomic E-state index is 12.1. The van der Waals surface area contributed by atoms with Crippen LogP contribution in [0.2, 0.25) is 0 Å². The van der Waals surface area contributed by atoms with E-state index in [1.807, 2.05) is 29.6 Å². The molecule has 0 aliphatic carbocycles. The van der Waals surface area contributed by atoms with Crippen molar-refractivity contribution in [3.8, 4) is 23.1 Å². The molecule has 0 saturated carbocycles. The zero-order valence-corrected chi connectivity index (χ0v) is 15.6. The number of carbonyl (C=O) groups excluding carboxylic acids is 1. The fraction of sp³-hybridized carbons (Fsp3) is 0.0455. The van der Waals surface area contributed by atoms with Gasteiger partial charge < -0.3 is 4.74 Å². The Hall–Kier alpha value is -3.69. The van der Waals surface area contributed by atoms with Crippen molar-refractivity contribution in [2.45, 2.75) is 0 Å². The maximum atomic E-state index is 12.1. The van der Waals surface area contributed by atoms with Gasteiger partial charge in [-0.2, -0.15) is 5.26 Å². The number of nitrogens with zero attached hydrogens (tertiary/aromatic N) is 2. The van der Waals surface area contributed by atoms with Gasteiger partial charge in [0.25, 0.3) is 5.91 Å². The van der Waals surface area contributed by atoms with Crippen LogP contribution in [0.3, 0.4) is 0 Å². The number of benzene rings is 3. The zero-order valence-electron chi connectivity index (χ0n) is 14.8. The molecule has 1 N–H and O–H groups in total. The molecule has 136 valence electrons. The number of thiazole rings is 1. The average molecular weight is 385 g/mol. The van der Waals surface area contributed by atoms with Crippen molar-refractivity contribution >= 4 is 33.1 Å². The predicted molar refractivity (Wildman–Crippen MR) is 110 cm³/mol. The van der Waals surface area contributed by atoms with Crippen LogP contribution in [0.1, 0.15) is 5.56 Å². The minimum Gasteiger partial charge on any atom is -0.484 e. The summed E-state index contributed by atoms with van der Waals surface area (Å²) in [6.07, 6.45) is 0. The zero-order chi connectivity index (χ0) is 19.3. The summed E-state index contributed by atoms with van der Waals surface area (Å²) in [6, 6.07) is 23.0. The number of fused-ring (bicyclic) bond motifs is 1. The molecule has 0 saturated heterocycles. The number of ether oxygens (including phenoxy) is 1. The van der Waals surface area contributed by atoms with Crippen LogP contribution in [0.25, 0.3) is 22.0 Å². The summed E-state index contributed by atoms with van der Waals surface area (Å²) < 4.78 is 5.43. The van der Waals surface area contributed by atoms with E-state index < -0.39 is 0 Å². The number of nitriles is 1. The van der Waals surface area contributed by atoms with Crippen LogP contribution in [0.4, 0.5) is 5.13 Å². The SMILES string of the molecule is N#Cc1ccc(OCC(=O)Nc2nc(-c3ccc4ccccc4c3)cs2)cc1. The first-order valence-corrected chi connectivity index (χ1v) is 9.47. The lowest BCUT2D eigenvalue weighted by Gasteiger charge is -2.05. The Morgan fingerprint density at radius 2 is 1.86 bits per heavy atom. The Morgan fingerprint density at radius 1 is 1.07 bits per heavy atom. The standard InChI is InChI=1S/C22H15N3O2S/c23-12-15-5-9-19(10-6-15)27-13-21(26)25-22-24-20(14-28-22)18-8-7-16-3-1-2-4-17(16)11-18/h1-11,14H,13H2,(H,24,25,26). The van der Waals surface area contributed by atoms with Crippen LogP contribution in [-0.4, -0.2) is 17.5 Å². The average Bonchev–Trinajstić information content (AvgIpc) is 3.20. The number of rotatable bonds is 5. The fourth-order valence-corrected chi connectivity index (χ4v) is 3.48. The molecule has 0 spiro atoms. The Labute approximate surface area is 165 Å². The predicted octanol–water partition coefficient (Wildman–Crippen LogP) is 4.85. The van der Waals surface area contributed by atoms with Gasteiger partial charge >= 0.3 is 0 Å². The third kappa shape index (κ3) is 4.00. The van der Waals surface area contributed by atoms with E-state index in [0.29, 0.717) is 16.4 Å². The largest absolute Gasteiger partial charge is 0.484 e. The quantitative estimate of drug-likeness (QED) is 0.533. The van der Waals surface area contributed by atoms with Crippen LogP contribution in [0.5, 0.6) is 5.75 Å². The molecular formula is C22H15N3O2S. The van der Waals surface area contributed by atoms with Gasteiger partial charge in [0.2, 0.25) is 0 Å². The molecule has 0 aliphatic heterocycles. The number of nitrogens with one attached hydrogen (secondary N) is 1. The monoisotopic (exact) mass is 385 g/mol. The molecular weight excluding hydrogens is 370 g/mol. The second kappa shape index (κ2) is 7.91. The van der Waals surface area contributed by atoms with Crippen molar-refractivity contribution in [2.75, 3.05) is 11.9 Å². The van der Waals surface area contributed by atoms with E-state index in [1.54, 1.807) is 24.3 Å². The van der Waals surface area contributed by atoms with Gasteiger partial charge in [0.1, 0.15) is 5.75 Å². The number of aromatic nitrogens is 1. The Balaban J connectivity index is 1.39. The number of anilines is 1. The minimum absolute atomic E-state index is 0.128. The molecule has 0 radical (unpaired) electrons. The van der Waals surface area contributed by atoms with Crippen LogP contribution >= 0.6 is 11.3 Å². The summed E-state index contributed by atoms with van der Waals surface area (Å²) in [4.78, 5) is 16.6. The summed E-state index contributed by atoms with van der Waals surface area (Å²) in [5.41, 5.74) is 2.36. The van der Waals surface area contributed by atoms with E-state index in [9.17, 15) is 4.79 Å². The van der Waals surface area contributed by atoms with Crippen molar-refractivity contribution in [2.24, 2.45) is 0 Å². The van der Waals surface area contributed by atoms with Crippen molar-refractivity contribution in [3.05, 3.63) is 77.7 Å². The lowest BCUT2D eigenvalue weighted by Crippen LogP contribution is -2.20. The van der Waals surface area contributed by atoms with Crippen molar-refractivity contribution in [1.82, 2.24) is 4.98 Å². The molecule has 1 heterocycles. The summed E-state index contributed by atoms with van der Waals surface area (Å²) in [6.45, 7) is -0.128. The maximum Gasteiger partial charge on any atom is 0.264 e. The van der Waals surface area contributed by atoms with Gasteiger partial charge in [0.05, 0.1) is 17.3 Å². The lowest BCUT2D eigenvalue weighted by molar-refractivity contribution is -0.118. The molecule has 6 heteroatoms. The van der Waals surface area contributed by atoms with Crippen molar-refractivity contribution in [1.29, 1.82) is 5.26 Å². The number of hydrogen-bond acceptors (Lipinski definition) is 5. The second-order valence-electron chi connectivity index (χ2n) is 6.07. The Bertz CT molecular complexity index is 1180. The molecule has 0 unspecified atom stereocenters. The van der Waals surface area contributed by atoms with E-state index in [2.05, 4.69) is 34.6 Å². The highest BCUT2D eigenvalue weighted by atomic mass is 32.1. The van der Waals surface area contributed by atoms with E-state index >= 15 is 0 Å². The van der Waals surface area contributed by atoms with Gasteiger partial charge in [-0.05, 0) is 41.1 Å². The van der Waals surface area contributed by atoms with Crippen LogP contribution < -0.4 is 10.1 Å². The van der Waals surface area contributed by atoms with Crippen molar-refractivity contribution < 1.29 is 9.53 Å². The first kappa shape index (κ1) is 17.7. The number of amides is 1. The third-order valence-electron chi connectivity index (χ3n) is 4.15. The first-order valence-electron chi connectivity index (χ1n) is 8.59. The first-order chi connectivity index (χ1) is 13.7. The molecule has 4 rings (SSSR count). The van der Waals surface area contributed by atoms with E-state index in [0.717, 1.165) is 16.6 Å². The second-order valence-corrected chi connectivity index (χ2v) is 6.93. The lowest BCUT2D eigenvalue weighted by atomic mass is 10.1. The number of hydrogen-bond donors (Lipinski definition) is 1. The minimum atomic E-state index is -0.288. The summed E-state index contributed by atoms with van der Waals surface area (Å²) >= 11 is 1.37. The molecule has 4 aromatic rings. The molecule has 0 aliphatic rings. The van der Waals surface area contributed by atoms with Crippen LogP contribution in [0, 0.1) is 11.3 Å². The molecule has 5 nitrogen and oxygen atoms in total. The highest BCUT2D eigenvalue weighted by Crippen LogP contribution is 2.27. The van der Waals surface area contributed by atoms with E-state index in [-0.39, 0.29) is 12.5 Å². The molecule has 1 aromatic heterocycles. The van der Waals surface area contributed by atoms with Gasteiger partial charge in [-0.1, -0.05) is 36.4 Å². The van der Waals surface area contributed by atoms with Gasteiger partial charge in [0.15, 0.2) is 11.7 Å². The Kier molecular flexibility index (Phi) is 5.00. The Morgan fingerprint density at radius 3 is 2.64 bits per heavy atom. The highest BCUT2D eigenvalue weighted by Gasteiger charge is 2.09. The molecule has 0 atom stereocenters. The molecule has 3 aromatic carbocycles. The van der Waals surface area contributed by atoms with Gasteiger partial charge in [-0.15, -0.1) is 11.3 Å². The van der Waals surface area contributed by atoms with Crippen LogP contribution in [-0.2, 0) is 4.79 Å². The van der Waals surface area contributed by atoms with Crippen LogP contribution in [0.15, 0.2) is 72.1 Å². The summed E-state index contributed by atoms with van der Waals surface area (Å²) in [7, 11) is 0. The van der Waals surface area contributed by atoms with Gasteiger partial charge in [0, 0.05) is 10.9 Å². The fourth-order valence-electron chi connectivity index (χ4n) is 2.74. The molecule has 28 heavy (non-hydrogen) atoms. The topological polar surface area (TPSA) is 75.0 Å². The van der Waals surface area contributed by atoms with Gasteiger partial charge in [-0.25, -0.2) is 4.98 Å². The van der Waals surface area contributed by atoms with E-state index in [1.165, 1.54) is 16.7 Å². The third-order valence-corrected chi connectivity index (χ3v) is 4.91. The summed E-state index contributed by atoms with van der Waals surface area (Å²) in [5, 5.41) is 16.3. The van der Waals surface area contributed by atoms with E-state index in [4.69, 9.17) is 10.00 Å². The van der Waals surface area contributed by atoms with Gasteiger partial charge in [-0.3, -0.25) is 10.1 Å². The molecule has 0 fully saturated rings. The number of carbonyl (C=O) groups is 1. The normalized spacial score (nSPS) is 10.4. The highest BCUT2D eigenvalue weighted by molar-refractivity contribution is 7.14. The van der Waals surface area contributed by atoms with Crippen molar-refractivity contribution in [3.63, 3.8) is 0 Å². The smallest absolute Gasteiger partial charge is 0.264 e.